The third-order valence-electron chi connectivity index (χ3n) is 3.10. The molecule has 2 heterocycles. The molecule has 1 amide bonds. The van der Waals surface area contributed by atoms with Gasteiger partial charge in [-0.25, -0.2) is 4.98 Å². The fourth-order valence-corrected chi connectivity index (χ4v) is 2.18. The van der Waals surface area contributed by atoms with E-state index in [0.29, 0.717) is 11.4 Å². The lowest BCUT2D eigenvalue weighted by molar-refractivity contribution is -0.111. The number of nitrogens with zero attached hydrogens (tertiary/aromatic N) is 1. The fraction of sp³-hybridized carbons (Fsp3) is 0. The first-order chi connectivity index (χ1) is 11.2. The van der Waals surface area contributed by atoms with Crippen LogP contribution >= 0.6 is 11.6 Å². The Morgan fingerprint density at radius 1 is 1.09 bits per heavy atom. The van der Waals surface area contributed by atoms with Crippen LogP contribution in [0.25, 0.3) is 17.4 Å². The van der Waals surface area contributed by atoms with Gasteiger partial charge in [0.1, 0.15) is 11.5 Å². The first kappa shape index (κ1) is 15.1. The molecule has 0 unspecified atom stereocenters. The topological polar surface area (TPSA) is 55.1 Å². The molecule has 2 aromatic heterocycles. The van der Waals surface area contributed by atoms with E-state index in [-0.39, 0.29) is 11.1 Å². The average molecular weight is 325 g/mol. The lowest BCUT2D eigenvalue weighted by Gasteiger charge is -2.02. The molecule has 0 aliphatic rings. The number of amides is 1. The van der Waals surface area contributed by atoms with Gasteiger partial charge in [-0.2, -0.15) is 0 Å². The van der Waals surface area contributed by atoms with Crippen molar-refractivity contribution in [2.24, 2.45) is 0 Å². The van der Waals surface area contributed by atoms with Gasteiger partial charge < -0.3 is 9.73 Å². The van der Waals surface area contributed by atoms with Gasteiger partial charge in [0.05, 0.1) is 5.69 Å². The number of pyridine rings is 1. The molecule has 114 valence electrons. The summed E-state index contributed by atoms with van der Waals surface area (Å²) in [5, 5.41) is 2.91. The van der Waals surface area contributed by atoms with Crippen LogP contribution in [0.5, 0.6) is 0 Å². The van der Waals surface area contributed by atoms with E-state index in [0.717, 1.165) is 11.3 Å². The van der Waals surface area contributed by atoms with Gasteiger partial charge in [0.2, 0.25) is 5.91 Å². The minimum absolute atomic E-state index is 0.249. The molecule has 0 bridgehead atoms. The van der Waals surface area contributed by atoms with Gasteiger partial charge in [-0.3, -0.25) is 4.79 Å². The quantitative estimate of drug-likeness (QED) is 0.561. The number of hydrogen-bond donors (Lipinski definition) is 1. The van der Waals surface area contributed by atoms with Crippen LogP contribution in [0.15, 0.2) is 71.3 Å². The van der Waals surface area contributed by atoms with Crippen LogP contribution in [-0.2, 0) is 4.79 Å². The largest absolute Gasteiger partial charge is 0.457 e. The van der Waals surface area contributed by atoms with Gasteiger partial charge in [0, 0.05) is 17.8 Å². The number of carbonyl (C=O) groups excluding carboxylic acids is 1. The highest BCUT2D eigenvalue weighted by Gasteiger charge is 2.05. The van der Waals surface area contributed by atoms with Crippen molar-refractivity contribution in [1.29, 1.82) is 0 Å². The lowest BCUT2D eigenvalue weighted by Crippen LogP contribution is -2.08. The Labute approximate surface area is 138 Å². The van der Waals surface area contributed by atoms with E-state index in [2.05, 4.69) is 10.3 Å². The van der Waals surface area contributed by atoms with Crippen molar-refractivity contribution < 1.29 is 9.21 Å². The molecular formula is C18H13ClN2O2. The maximum atomic E-state index is 11.9. The number of hydrogen-bond acceptors (Lipinski definition) is 3. The van der Waals surface area contributed by atoms with Crippen LogP contribution in [0, 0.1) is 0 Å². The summed E-state index contributed by atoms with van der Waals surface area (Å²) in [5.41, 5.74) is 1.45. The third kappa shape index (κ3) is 3.87. The minimum atomic E-state index is -0.308. The van der Waals surface area contributed by atoms with Crippen molar-refractivity contribution in [3.63, 3.8) is 0 Å². The van der Waals surface area contributed by atoms with Crippen LogP contribution in [0.4, 0.5) is 5.69 Å². The van der Waals surface area contributed by atoms with E-state index in [4.69, 9.17) is 16.0 Å². The summed E-state index contributed by atoms with van der Waals surface area (Å²) in [6.07, 6.45) is 4.55. The predicted octanol–water partition coefficient (Wildman–Crippen LogP) is 4.65. The molecule has 1 aromatic carbocycles. The van der Waals surface area contributed by atoms with Gasteiger partial charge in [-0.05, 0) is 30.3 Å². The highest BCUT2D eigenvalue weighted by atomic mass is 35.5. The Hall–Kier alpha value is -2.85. The first-order valence-corrected chi connectivity index (χ1v) is 7.35. The van der Waals surface area contributed by atoms with Crippen molar-refractivity contribution in [2.75, 3.05) is 5.32 Å². The zero-order chi connectivity index (χ0) is 16.1. The number of furan rings is 1. The SMILES string of the molecule is O=C(/C=C/c1ccc(-c2ccccc2)o1)Nc1cccnc1Cl. The maximum absolute atomic E-state index is 11.9. The maximum Gasteiger partial charge on any atom is 0.248 e. The van der Waals surface area contributed by atoms with Crippen LogP contribution in [0.2, 0.25) is 5.15 Å². The number of halogens is 1. The molecule has 1 N–H and O–H groups in total. The normalized spacial score (nSPS) is 10.8. The summed E-state index contributed by atoms with van der Waals surface area (Å²) in [5.74, 6) is 1.04. The smallest absolute Gasteiger partial charge is 0.248 e. The molecule has 5 heteroatoms. The van der Waals surface area contributed by atoms with E-state index < -0.39 is 0 Å². The molecule has 23 heavy (non-hydrogen) atoms. The summed E-state index contributed by atoms with van der Waals surface area (Å²) < 4.78 is 5.69. The van der Waals surface area contributed by atoms with Crippen molar-refractivity contribution in [3.05, 3.63) is 77.8 Å². The second-order valence-electron chi connectivity index (χ2n) is 4.73. The Kier molecular flexibility index (Phi) is 4.54. The number of carbonyl (C=O) groups is 1. The summed E-state index contributed by atoms with van der Waals surface area (Å²) >= 11 is 5.89. The molecule has 0 radical (unpaired) electrons. The lowest BCUT2D eigenvalue weighted by atomic mass is 10.2. The minimum Gasteiger partial charge on any atom is -0.457 e. The van der Waals surface area contributed by atoms with E-state index in [1.54, 1.807) is 24.4 Å². The van der Waals surface area contributed by atoms with Crippen LogP contribution in [0.1, 0.15) is 5.76 Å². The summed E-state index contributed by atoms with van der Waals surface area (Å²) in [6.45, 7) is 0. The number of anilines is 1. The van der Waals surface area contributed by atoms with Gasteiger partial charge >= 0.3 is 0 Å². The van der Waals surface area contributed by atoms with Crippen molar-refractivity contribution in [1.82, 2.24) is 4.98 Å². The molecule has 0 aliphatic carbocycles. The molecule has 0 aliphatic heterocycles. The number of rotatable bonds is 4. The molecule has 0 saturated carbocycles. The molecule has 0 spiro atoms. The van der Waals surface area contributed by atoms with Crippen molar-refractivity contribution >= 4 is 29.3 Å². The molecule has 3 rings (SSSR count). The predicted molar refractivity (Wildman–Crippen MR) is 91.1 cm³/mol. The highest BCUT2D eigenvalue weighted by Crippen LogP contribution is 2.22. The van der Waals surface area contributed by atoms with E-state index >= 15 is 0 Å². The molecule has 0 saturated heterocycles. The standard InChI is InChI=1S/C18H13ClN2O2/c19-18-15(7-4-12-20-18)21-17(22)11-9-14-8-10-16(23-14)13-5-2-1-3-6-13/h1-12H,(H,21,22)/b11-9+. The second kappa shape index (κ2) is 6.94. The zero-order valence-electron chi connectivity index (χ0n) is 12.1. The Bertz CT molecular complexity index is 841. The molecule has 0 atom stereocenters. The number of benzene rings is 1. The van der Waals surface area contributed by atoms with Gasteiger partial charge in [0.25, 0.3) is 0 Å². The van der Waals surface area contributed by atoms with Gasteiger partial charge in [0.15, 0.2) is 5.15 Å². The first-order valence-electron chi connectivity index (χ1n) is 6.97. The molecule has 3 aromatic rings. The Balaban J connectivity index is 1.68. The monoisotopic (exact) mass is 324 g/mol. The Morgan fingerprint density at radius 2 is 1.91 bits per heavy atom. The highest BCUT2D eigenvalue weighted by molar-refractivity contribution is 6.32. The second-order valence-corrected chi connectivity index (χ2v) is 5.09. The van der Waals surface area contributed by atoms with Gasteiger partial charge in [-0.15, -0.1) is 0 Å². The Morgan fingerprint density at radius 3 is 2.70 bits per heavy atom. The van der Waals surface area contributed by atoms with E-state index in [1.807, 2.05) is 42.5 Å². The summed E-state index contributed by atoms with van der Waals surface area (Å²) in [6, 6.07) is 16.8. The van der Waals surface area contributed by atoms with Crippen molar-refractivity contribution in [2.45, 2.75) is 0 Å². The summed E-state index contributed by atoms with van der Waals surface area (Å²) in [4.78, 5) is 15.8. The van der Waals surface area contributed by atoms with Gasteiger partial charge in [-0.1, -0.05) is 41.9 Å². The van der Waals surface area contributed by atoms with Crippen LogP contribution in [-0.4, -0.2) is 10.9 Å². The summed E-state index contributed by atoms with van der Waals surface area (Å²) in [7, 11) is 0. The third-order valence-corrected chi connectivity index (χ3v) is 3.40. The van der Waals surface area contributed by atoms with Crippen molar-refractivity contribution in [3.8, 4) is 11.3 Å². The number of aromatic nitrogens is 1. The van der Waals surface area contributed by atoms with E-state index in [1.165, 1.54) is 6.08 Å². The molecular weight excluding hydrogens is 312 g/mol. The zero-order valence-corrected chi connectivity index (χ0v) is 12.8. The fourth-order valence-electron chi connectivity index (χ4n) is 2.01. The molecule has 0 fully saturated rings. The van der Waals surface area contributed by atoms with Crippen LogP contribution in [0.3, 0.4) is 0 Å². The molecule has 4 nitrogen and oxygen atoms in total. The van der Waals surface area contributed by atoms with Crippen LogP contribution < -0.4 is 5.32 Å². The van der Waals surface area contributed by atoms with E-state index in [9.17, 15) is 4.79 Å². The average Bonchev–Trinajstić information content (AvgIpc) is 3.05. The number of nitrogens with one attached hydrogen (secondary N) is 1.